The molecule has 1 rings (SSSR count). The molecule has 1 aromatic heterocycles. The molecule has 0 aliphatic heterocycles. The second-order valence-electron chi connectivity index (χ2n) is 6.07. The summed E-state index contributed by atoms with van der Waals surface area (Å²) in [4.78, 5) is 18.0. The smallest absolute Gasteiger partial charge is 0.246 e. The fourth-order valence-electron chi connectivity index (χ4n) is 1.96. The molecule has 0 aliphatic carbocycles. The van der Waals surface area contributed by atoms with E-state index in [9.17, 15) is 4.79 Å². The van der Waals surface area contributed by atoms with Crippen LogP contribution < -0.4 is 5.32 Å². The molecule has 0 spiro atoms. The second-order valence-corrected chi connectivity index (χ2v) is 6.07. The first-order valence-corrected chi connectivity index (χ1v) is 7.68. The van der Waals surface area contributed by atoms with E-state index in [1.807, 2.05) is 20.9 Å². The predicted molar refractivity (Wildman–Crippen MR) is 90.3 cm³/mol. The Balaban J connectivity index is 0.00000484. The molecule has 0 radical (unpaired) electrons. The fourth-order valence-corrected chi connectivity index (χ4v) is 1.96. The Morgan fingerprint density at radius 3 is 2.57 bits per heavy atom. The maximum atomic E-state index is 12.1. The fraction of sp³-hybridized carbons (Fsp3) is 0.800. The number of ether oxygens (including phenoxy) is 1. The van der Waals surface area contributed by atoms with Crippen molar-refractivity contribution in [1.82, 2.24) is 20.4 Å². The summed E-state index contributed by atoms with van der Waals surface area (Å²) in [5, 5.41) is 6.92. The molecule has 23 heavy (non-hydrogen) atoms. The largest absolute Gasteiger partial charge is 0.370 e. The van der Waals surface area contributed by atoms with Crippen LogP contribution in [0.1, 0.15) is 45.5 Å². The summed E-state index contributed by atoms with van der Waals surface area (Å²) < 4.78 is 10.9. The summed E-state index contributed by atoms with van der Waals surface area (Å²) in [5.74, 6) is 1.33. The molecular weight excluding hydrogens is 320 g/mol. The van der Waals surface area contributed by atoms with E-state index in [2.05, 4.69) is 29.3 Å². The molecule has 7 nitrogen and oxygen atoms in total. The van der Waals surface area contributed by atoms with Crippen molar-refractivity contribution >= 4 is 18.3 Å². The molecule has 2 unspecified atom stereocenters. The summed E-state index contributed by atoms with van der Waals surface area (Å²) in [6, 6.07) is 0. The zero-order chi connectivity index (χ0) is 16.7. The zero-order valence-corrected chi connectivity index (χ0v) is 15.6. The Hall–Kier alpha value is -1.18. The maximum absolute atomic E-state index is 12.1. The molecule has 1 aromatic rings. The number of amides is 1. The first-order chi connectivity index (χ1) is 10.3. The van der Waals surface area contributed by atoms with Crippen molar-refractivity contribution in [3.05, 3.63) is 11.7 Å². The number of nitrogens with zero attached hydrogens (tertiary/aromatic N) is 3. The van der Waals surface area contributed by atoms with Crippen LogP contribution in [-0.2, 0) is 16.1 Å². The van der Waals surface area contributed by atoms with Gasteiger partial charge >= 0.3 is 0 Å². The normalized spacial score (nSPS) is 13.5. The molecule has 0 aromatic carbocycles. The highest BCUT2D eigenvalue weighted by molar-refractivity contribution is 5.85. The summed E-state index contributed by atoms with van der Waals surface area (Å²) >= 11 is 0. The van der Waals surface area contributed by atoms with Crippen LogP contribution in [0.2, 0.25) is 0 Å². The molecule has 1 amide bonds. The van der Waals surface area contributed by atoms with Crippen molar-refractivity contribution in [2.24, 2.45) is 11.8 Å². The number of hydrogen-bond donors (Lipinski definition) is 1. The van der Waals surface area contributed by atoms with Gasteiger partial charge in [-0.3, -0.25) is 4.79 Å². The highest BCUT2D eigenvalue weighted by Gasteiger charge is 2.20. The number of nitrogens with one attached hydrogen (secondary N) is 1. The van der Waals surface area contributed by atoms with Gasteiger partial charge in [0.2, 0.25) is 11.8 Å². The maximum Gasteiger partial charge on any atom is 0.246 e. The number of carbonyl (C=O) groups excluding carboxylic acids is 1. The number of halogens is 1. The number of aromatic nitrogens is 2. The molecule has 1 heterocycles. The standard InChI is InChI=1S/C15H28N4O3.ClH/c1-10(2)9-21-12(4)14-17-13(22-18-14)8-19(6)15(20)11(3)7-16-5;/h10-12,16H,7-9H2,1-6H3;1H. The Morgan fingerprint density at radius 1 is 1.35 bits per heavy atom. The predicted octanol–water partition coefficient (Wildman–Crippen LogP) is 2.04. The van der Waals surface area contributed by atoms with Crippen LogP contribution in [-0.4, -0.2) is 48.2 Å². The van der Waals surface area contributed by atoms with Crippen LogP contribution in [0.5, 0.6) is 0 Å². The molecule has 0 fully saturated rings. The van der Waals surface area contributed by atoms with Gasteiger partial charge in [0.1, 0.15) is 6.10 Å². The van der Waals surface area contributed by atoms with Crippen LogP contribution in [0.4, 0.5) is 0 Å². The van der Waals surface area contributed by atoms with Crippen LogP contribution in [0.3, 0.4) is 0 Å². The van der Waals surface area contributed by atoms with Gasteiger partial charge in [-0.25, -0.2) is 0 Å². The third-order valence-corrected chi connectivity index (χ3v) is 3.21. The van der Waals surface area contributed by atoms with Crippen molar-refractivity contribution in [2.45, 2.75) is 40.3 Å². The van der Waals surface area contributed by atoms with Crippen LogP contribution in [0.15, 0.2) is 4.52 Å². The van der Waals surface area contributed by atoms with Gasteiger partial charge in [-0.1, -0.05) is 25.9 Å². The minimum absolute atomic E-state index is 0. The van der Waals surface area contributed by atoms with E-state index in [0.717, 1.165) is 0 Å². The van der Waals surface area contributed by atoms with E-state index in [4.69, 9.17) is 9.26 Å². The topological polar surface area (TPSA) is 80.5 Å². The monoisotopic (exact) mass is 348 g/mol. The van der Waals surface area contributed by atoms with Gasteiger partial charge < -0.3 is 19.5 Å². The van der Waals surface area contributed by atoms with E-state index in [1.54, 1.807) is 11.9 Å². The summed E-state index contributed by atoms with van der Waals surface area (Å²) in [7, 11) is 3.56. The van der Waals surface area contributed by atoms with Crippen molar-refractivity contribution in [2.75, 3.05) is 27.2 Å². The molecule has 2 atom stereocenters. The second kappa shape index (κ2) is 10.6. The molecule has 0 saturated heterocycles. The minimum Gasteiger partial charge on any atom is -0.370 e. The van der Waals surface area contributed by atoms with Gasteiger partial charge in [0.15, 0.2) is 5.82 Å². The third kappa shape index (κ3) is 7.28. The van der Waals surface area contributed by atoms with Gasteiger partial charge in [0.05, 0.1) is 6.54 Å². The summed E-state index contributed by atoms with van der Waals surface area (Å²) in [5.41, 5.74) is 0. The number of hydrogen-bond acceptors (Lipinski definition) is 6. The van der Waals surface area contributed by atoms with Crippen molar-refractivity contribution in [3.63, 3.8) is 0 Å². The Labute approximate surface area is 144 Å². The lowest BCUT2D eigenvalue weighted by atomic mass is 10.1. The van der Waals surface area contributed by atoms with Crippen molar-refractivity contribution < 1.29 is 14.1 Å². The van der Waals surface area contributed by atoms with Gasteiger partial charge in [-0.15, -0.1) is 12.4 Å². The minimum atomic E-state index is -0.218. The molecule has 0 saturated carbocycles. The lowest BCUT2D eigenvalue weighted by Gasteiger charge is -2.19. The van der Waals surface area contributed by atoms with E-state index < -0.39 is 0 Å². The molecule has 8 heteroatoms. The van der Waals surface area contributed by atoms with Crippen molar-refractivity contribution in [1.29, 1.82) is 0 Å². The first kappa shape index (κ1) is 21.8. The zero-order valence-electron chi connectivity index (χ0n) is 14.8. The van der Waals surface area contributed by atoms with E-state index in [1.165, 1.54) is 0 Å². The lowest BCUT2D eigenvalue weighted by Crippen LogP contribution is -2.35. The van der Waals surface area contributed by atoms with Gasteiger partial charge in [0, 0.05) is 26.1 Å². The van der Waals surface area contributed by atoms with Gasteiger partial charge in [0.25, 0.3) is 0 Å². The van der Waals surface area contributed by atoms with Crippen LogP contribution in [0.25, 0.3) is 0 Å². The van der Waals surface area contributed by atoms with Crippen LogP contribution >= 0.6 is 12.4 Å². The SMILES string of the molecule is CNCC(C)C(=O)N(C)Cc1nc(C(C)OCC(C)C)no1.Cl. The van der Waals surface area contributed by atoms with Gasteiger partial charge in [-0.05, 0) is 19.9 Å². The van der Waals surface area contributed by atoms with Crippen molar-refractivity contribution in [3.8, 4) is 0 Å². The third-order valence-electron chi connectivity index (χ3n) is 3.21. The summed E-state index contributed by atoms with van der Waals surface area (Å²) in [6.07, 6.45) is -0.218. The molecule has 134 valence electrons. The number of carbonyl (C=O) groups is 1. The average Bonchev–Trinajstić information content (AvgIpc) is 2.92. The van der Waals surface area contributed by atoms with E-state index in [0.29, 0.717) is 37.3 Å². The highest BCUT2D eigenvalue weighted by Crippen LogP contribution is 2.15. The first-order valence-electron chi connectivity index (χ1n) is 7.68. The van der Waals surface area contributed by atoms with Gasteiger partial charge in [-0.2, -0.15) is 4.98 Å². The number of rotatable bonds is 9. The van der Waals surface area contributed by atoms with E-state index >= 15 is 0 Å². The average molecular weight is 349 g/mol. The molecule has 1 N–H and O–H groups in total. The quantitative estimate of drug-likeness (QED) is 0.735. The molecule has 0 aliphatic rings. The lowest BCUT2D eigenvalue weighted by molar-refractivity contribution is -0.134. The van der Waals surface area contributed by atoms with Crippen LogP contribution in [0, 0.1) is 11.8 Å². The summed E-state index contributed by atoms with van der Waals surface area (Å²) in [6.45, 7) is 9.53. The Morgan fingerprint density at radius 2 is 2.00 bits per heavy atom. The Bertz CT molecular complexity index is 467. The molecule has 0 bridgehead atoms. The molecular formula is C15H29ClN4O3. The van der Waals surface area contributed by atoms with E-state index in [-0.39, 0.29) is 30.3 Å². The Kier molecular flexibility index (Phi) is 10.0. The highest BCUT2D eigenvalue weighted by atomic mass is 35.5.